The molecular formula is C26H37N3O2. The number of nitrogens with one attached hydrogen (secondary N) is 1. The van der Waals surface area contributed by atoms with Crippen molar-refractivity contribution >= 4 is 11.8 Å². The second kappa shape index (κ2) is 8.57. The van der Waals surface area contributed by atoms with Crippen LogP contribution in [0.3, 0.4) is 0 Å². The van der Waals surface area contributed by atoms with Crippen LogP contribution in [0.4, 0.5) is 0 Å². The number of rotatable bonds is 6. The average molecular weight is 424 g/mol. The first-order chi connectivity index (χ1) is 15.0. The molecule has 1 aromatic carbocycles. The van der Waals surface area contributed by atoms with Gasteiger partial charge < -0.3 is 10.2 Å². The molecule has 5 heteroatoms. The predicted octanol–water partition coefficient (Wildman–Crippen LogP) is 3.36. The Bertz CT molecular complexity index is 792. The Kier molecular flexibility index (Phi) is 5.80. The van der Waals surface area contributed by atoms with E-state index >= 15 is 0 Å². The molecule has 0 unspecified atom stereocenters. The van der Waals surface area contributed by atoms with Gasteiger partial charge in [0.25, 0.3) is 0 Å². The fraction of sp³-hybridized carbons (Fsp3) is 0.692. The minimum atomic E-state index is 0.0643. The van der Waals surface area contributed by atoms with Crippen LogP contribution in [0.2, 0.25) is 0 Å². The van der Waals surface area contributed by atoms with Gasteiger partial charge in [0.15, 0.2) is 0 Å². The van der Waals surface area contributed by atoms with Gasteiger partial charge in [-0.3, -0.25) is 14.5 Å². The highest BCUT2D eigenvalue weighted by molar-refractivity contribution is 5.85. The highest BCUT2D eigenvalue weighted by atomic mass is 16.2. The topological polar surface area (TPSA) is 52.6 Å². The number of piperazine rings is 1. The molecule has 2 amide bonds. The zero-order valence-corrected chi connectivity index (χ0v) is 18.9. The summed E-state index contributed by atoms with van der Waals surface area (Å²) >= 11 is 0. The molecule has 5 nitrogen and oxygen atoms in total. The van der Waals surface area contributed by atoms with Crippen molar-refractivity contribution < 1.29 is 9.59 Å². The molecule has 0 atom stereocenters. The van der Waals surface area contributed by atoms with E-state index in [1.807, 2.05) is 4.90 Å². The molecule has 4 aliphatic carbocycles. The molecule has 5 aliphatic rings. The van der Waals surface area contributed by atoms with Gasteiger partial charge in [-0.25, -0.2) is 0 Å². The van der Waals surface area contributed by atoms with Crippen molar-refractivity contribution in [1.29, 1.82) is 0 Å². The fourth-order valence-electron chi connectivity index (χ4n) is 7.38. The zero-order chi connectivity index (χ0) is 21.4. The highest BCUT2D eigenvalue weighted by Gasteiger charge is 2.51. The van der Waals surface area contributed by atoms with Gasteiger partial charge >= 0.3 is 0 Å². The molecule has 1 heterocycles. The zero-order valence-electron chi connectivity index (χ0n) is 18.9. The van der Waals surface area contributed by atoms with Gasteiger partial charge in [-0.1, -0.05) is 24.3 Å². The average Bonchev–Trinajstić information content (AvgIpc) is 2.73. The van der Waals surface area contributed by atoms with Crippen LogP contribution in [0.1, 0.15) is 56.1 Å². The van der Waals surface area contributed by atoms with E-state index in [2.05, 4.69) is 41.4 Å². The molecule has 0 radical (unpaired) electrons. The van der Waals surface area contributed by atoms with Gasteiger partial charge in [0.1, 0.15) is 0 Å². The Morgan fingerprint density at radius 2 is 1.58 bits per heavy atom. The van der Waals surface area contributed by atoms with Gasteiger partial charge in [-0.05, 0) is 79.7 Å². The smallest absolute Gasteiger partial charge is 0.242 e. The quantitative estimate of drug-likeness (QED) is 0.763. The third-order valence-electron chi connectivity index (χ3n) is 8.52. The van der Waals surface area contributed by atoms with E-state index in [0.717, 1.165) is 50.5 Å². The van der Waals surface area contributed by atoms with E-state index in [1.54, 1.807) is 0 Å². The number of hydrogen-bond acceptors (Lipinski definition) is 3. The lowest BCUT2D eigenvalue weighted by Crippen LogP contribution is -2.51. The van der Waals surface area contributed by atoms with Crippen LogP contribution < -0.4 is 5.32 Å². The van der Waals surface area contributed by atoms with Gasteiger partial charge in [0.05, 0.1) is 6.54 Å². The molecule has 1 saturated heterocycles. The molecule has 1 aliphatic heterocycles. The van der Waals surface area contributed by atoms with E-state index < -0.39 is 0 Å². The normalized spacial score (nSPS) is 32.3. The number of amides is 2. The van der Waals surface area contributed by atoms with Crippen molar-refractivity contribution in [2.45, 2.75) is 58.4 Å². The summed E-state index contributed by atoms with van der Waals surface area (Å²) < 4.78 is 0. The standard InChI is InChI=1S/C26H37N3O2/c1-19-4-2-3-5-23(19)18-28-6-8-29(9-7-28)25(31)17-27-24(30)16-26-13-20-10-21(14-26)12-22(11-20)15-26/h2-5,20-22H,6-18H2,1H3,(H,27,30). The highest BCUT2D eigenvalue weighted by Crippen LogP contribution is 2.61. The number of benzene rings is 1. The summed E-state index contributed by atoms with van der Waals surface area (Å²) in [6.07, 6.45) is 8.54. The summed E-state index contributed by atoms with van der Waals surface area (Å²) in [4.78, 5) is 29.7. The second-order valence-corrected chi connectivity index (χ2v) is 11.0. The minimum absolute atomic E-state index is 0.0643. The monoisotopic (exact) mass is 423 g/mol. The lowest BCUT2D eigenvalue weighted by atomic mass is 9.49. The number of carbonyl (C=O) groups excluding carboxylic acids is 2. The molecule has 1 aromatic rings. The predicted molar refractivity (Wildman–Crippen MR) is 121 cm³/mol. The van der Waals surface area contributed by atoms with Crippen LogP contribution in [-0.2, 0) is 16.1 Å². The molecule has 1 N–H and O–H groups in total. The molecule has 0 aromatic heterocycles. The van der Waals surface area contributed by atoms with E-state index in [9.17, 15) is 9.59 Å². The van der Waals surface area contributed by atoms with E-state index in [4.69, 9.17) is 0 Å². The Hall–Kier alpha value is -1.88. The molecule has 4 bridgehead atoms. The largest absolute Gasteiger partial charge is 0.347 e. The van der Waals surface area contributed by atoms with Gasteiger partial charge in [0.2, 0.25) is 11.8 Å². The van der Waals surface area contributed by atoms with Crippen LogP contribution in [0.25, 0.3) is 0 Å². The summed E-state index contributed by atoms with van der Waals surface area (Å²) in [6, 6.07) is 8.51. The maximum absolute atomic E-state index is 12.7. The van der Waals surface area contributed by atoms with Crippen LogP contribution in [0.5, 0.6) is 0 Å². The second-order valence-electron chi connectivity index (χ2n) is 11.0. The molecule has 168 valence electrons. The Morgan fingerprint density at radius 1 is 0.968 bits per heavy atom. The van der Waals surface area contributed by atoms with Crippen molar-refractivity contribution in [3.05, 3.63) is 35.4 Å². The Morgan fingerprint density at radius 3 is 2.19 bits per heavy atom. The van der Waals surface area contributed by atoms with Crippen LogP contribution in [0, 0.1) is 30.1 Å². The van der Waals surface area contributed by atoms with Crippen molar-refractivity contribution in [2.75, 3.05) is 32.7 Å². The van der Waals surface area contributed by atoms with Crippen molar-refractivity contribution in [3.63, 3.8) is 0 Å². The van der Waals surface area contributed by atoms with Crippen molar-refractivity contribution in [1.82, 2.24) is 15.1 Å². The molecule has 0 spiro atoms. The first-order valence-electron chi connectivity index (χ1n) is 12.3. The van der Waals surface area contributed by atoms with Crippen molar-refractivity contribution in [3.8, 4) is 0 Å². The first-order valence-corrected chi connectivity index (χ1v) is 12.3. The lowest BCUT2D eigenvalue weighted by molar-refractivity contribution is -0.136. The van der Waals surface area contributed by atoms with Crippen molar-refractivity contribution in [2.24, 2.45) is 23.2 Å². The Labute approximate surface area is 186 Å². The first kappa shape index (κ1) is 21.0. The SMILES string of the molecule is Cc1ccccc1CN1CCN(C(=O)CNC(=O)CC23CC4CC(CC(C4)C2)C3)CC1. The van der Waals surface area contributed by atoms with E-state index in [0.29, 0.717) is 6.42 Å². The molecule has 4 saturated carbocycles. The Balaban J connectivity index is 1.05. The minimum Gasteiger partial charge on any atom is -0.347 e. The van der Waals surface area contributed by atoms with Gasteiger partial charge in [-0.15, -0.1) is 0 Å². The number of hydrogen-bond donors (Lipinski definition) is 1. The summed E-state index contributed by atoms with van der Waals surface area (Å²) in [7, 11) is 0. The number of aryl methyl sites for hydroxylation is 1. The maximum atomic E-state index is 12.7. The molecular weight excluding hydrogens is 386 g/mol. The molecule has 31 heavy (non-hydrogen) atoms. The summed E-state index contributed by atoms with van der Waals surface area (Å²) in [5.74, 6) is 2.73. The van der Waals surface area contributed by atoms with Crippen LogP contribution in [0.15, 0.2) is 24.3 Å². The summed E-state index contributed by atoms with van der Waals surface area (Å²) in [5.41, 5.74) is 2.92. The van der Waals surface area contributed by atoms with Crippen LogP contribution in [-0.4, -0.2) is 54.3 Å². The van der Waals surface area contributed by atoms with E-state index in [-0.39, 0.29) is 23.8 Å². The number of carbonyl (C=O) groups is 2. The third kappa shape index (κ3) is 4.67. The lowest BCUT2D eigenvalue weighted by Gasteiger charge is -2.56. The summed E-state index contributed by atoms with van der Waals surface area (Å²) in [6.45, 7) is 6.52. The molecule has 5 fully saturated rings. The van der Waals surface area contributed by atoms with Crippen LogP contribution >= 0.6 is 0 Å². The number of nitrogens with zero attached hydrogens (tertiary/aromatic N) is 2. The van der Waals surface area contributed by atoms with E-state index in [1.165, 1.54) is 49.7 Å². The van der Waals surface area contributed by atoms with Gasteiger partial charge in [-0.2, -0.15) is 0 Å². The summed E-state index contributed by atoms with van der Waals surface area (Å²) in [5, 5.41) is 2.97. The van der Waals surface area contributed by atoms with Gasteiger partial charge in [0, 0.05) is 39.1 Å². The maximum Gasteiger partial charge on any atom is 0.242 e. The molecule has 6 rings (SSSR count). The third-order valence-corrected chi connectivity index (χ3v) is 8.52. The fourth-order valence-corrected chi connectivity index (χ4v) is 7.38.